The molecule has 0 spiro atoms. The summed E-state index contributed by atoms with van der Waals surface area (Å²) in [6.45, 7) is 0. The highest BCUT2D eigenvalue weighted by Gasteiger charge is 2.47. The number of nitrogen functional groups attached to an aromatic ring is 1. The van der Waals surface area contributed by atoms with E-state index in [-0.39, 0.29) is 0 Å². The smallest absolute Gasteiger partial charge is 0.164 e. The molecule has 0 radical (unpaired) electrons. The van der Waals surface area contributed by atoms with Gasteiger partial charge in [-0.15, -0.1) is 0 Å². The van der Waals surface area contributed by atoms with Crippen LogP contribution < -0.4 is 5.73 Å². The molecule has 2 aromatic heterocycles. The van der Waals surface area contributed by atoms with E-state index in [2.05, 4.69) is 22.1 Å². The fourth-order valence-corrected chi connectivity index (χ4v) is 4.16. The zero-order chi connectivity index (χ0) is 19.4. The first-order valence-corrected chi connectivity index (χ1v) is 9.40. The van der Waals surface area contributed by atoms with E-state index in [1.807, 2.05) is 6.07 Å². The standard InChI is InChI=1S/C20H22N4O4/c21-18-13-5-6-24(19(13)23-9-22-18)20-16(27)15(26)17(28-20)14(25)8-10-1-2-11-3-4-12(11)7-10/h1-2,5-7,9,14-17,20,25-27H,3-4,8H2,(H2,21,22,23)/t14?,15-,16+,17-,20+/m0/s1. The van der Waals surface area contributed by atoms with E-state index in [0.717, 1.165) is 18.4 Å². The zero-order valence-electron chi connectivity index (χ0n) is 15.1. The van der Waals surface area contributed by atoms with Crippen LogP contribution in [-0.4, -0.2) is 54.3 Å². The van der Waals surface area contributed by atoms with E-state index in [4.69, 9.17) is 10.5 Å². The van der Waals surface area contributed by atoms with Crippen molar-refractivity contribution in [2.45, 2.75) is 49.9 Å². The summed E-state index contributed by atoms with van der Waals surface area (Å²) in [5.41, 5.74) is 10.0. The number of anilines is 1. The Morgan fingerprint density at radius 3 is 2.71 bits per heavy atom. The van der Waals surface area contributed by atoms with Crippen molar-refractivity contribution in [1.29, 1.82) is 0 Å². The number of nitrogens with zero attached hydrogens (tertiary/aromatic N) is 3. The van der Waals surface area contributed by atoms with Crippen molar-refractivity contribution in [1.82, 2.24) is 14.5 Å². The first kappa shape index (κ1) is 17.6. The lowest BCUT2D eigenvalue weighted by molar-refractivity contribution is -0.0828. The quantitative estimate of drug-likeness (QED) is 0.512. The van der Waals surface area contributed by atoms with E-state index in [1.165, 1.54) is 17.5 Å². The maximum atomic E-state index is 10.7. The molecule has 1 fully saturated rings. The van der Waals surface area contributed by atoms with Crippen LogP contribution in [0.5, 0.6) is 0 Å². The number of benzene rings is 1. The number of rotatable bonds is 4. The third-order valence-electron chi connectivity index (χ3n) is 5.85. The minimum atomic E-state index is -1.22. The molecule has 28 heavy (non-hydrogen) atoms. The molecule has 0 amide bonds. The Morgan fingerprint density at radius 1 is 1.14 bits per heavy atom. The van der Waals surface area contributed by atoms with Gasteiger partial charge < -0.3 is 30.4 Å². The van der Waals surface area contributed by atoms with Crippen LogP contribution in [-0.2, 0) is 24.0 Å². The summed E-state index contributed by atoms with van der Waals surface area (Å²) in [7, 11) is 0. The molecule has 2 aliphatic rings. The number of hydrogen-bond donors (Lipinski definition) is 4. The molecular weight excluding hydrogens is 360 g/mol. The molecule has 1 saturated heterocycles. The predicted octanol–water partition coefficient (Wildman–Crippen LogP) is 0.335. The number of hydrogen-bond acceptors (Lipinski definition) is 7. The molecular formula is C20H22N4O4. The normalized spacial score (nSPS) is 27.5. The lowest BCUT2D eigenvalue weighted by Gasteiger charge is -2.23. The van der Waals surface area contributed by atoms with E-state index in [9.17, 15) is 15.3 Å². The number of aromatic nitrogens is 3. The maximum absolute atomic E-state index is 10.7. The Balaban J connectivity index is 1.38. The largest absolute Gasteiger partial charge is 0.390 e. The number of fused-ring (bicyclic) bond motifs is 2. The molecule has 8 heteroatoms. The molecule has 1 aliphatic carbocycles. The SMILES string of the molecule is Nc1ncnc2c1ccn2[C@@H]1O[C@@H](C(O)Cc2ccc3c(c2)CC3)[C@@H](O)[C@H]1O. The lowest BCUT2D eigenvalue weighted by Crippen LogP contribution is -2.39. The van der Waals surface area contributed by atoms with Gasteiger partial charge in [0, 0.05) is 12.6 Å². The fraction of sp³-hybridized carbons (Fsp3) is 0.400. The average molecular weight is 382 g/mol. The maximum Gasteiger partial charge on any atom is 0.164 e. The molecule has 1 aliphatic heterocycles. The predicted molar refractivity (Wildman–Crippen MR) is 101 cm³/mol. The van der Waals surface area contributed by atoms with Gasteiger partial charge in [0.1, 0.15) is 36.1 Å². The van der Waals surface area contributed by atoms with Gasteiger partial charge in [-0.25, -0.2) is 9.97 Å². The van der Waals surface area contributed by atoms with Gasteiger partial charge in [0.05, 0.1) is 11.5 Å². The lowest BCUT2D eigenvalue weighted by atomic mass is 9.86. The van der Waals surface area contributed by atoms with E-state index in [1.54, 1.807) is 16.8 Å². The third kappa shape index (κ3) is 2.68. The highest BCUT2D eigenvalue weighted by Crippen LogP contribution is 2.35. The van der Waals surface area contributed by atoms with Gasteiger partial charge in [-0.3, -0.25) is 0 Å². The van der Waals surface area contributed by atoms with Crippen LogP contribution in [0.2, 0.25) is 0 Å². The topological polar surface area (TPSA) is 127 Å². The van der Waals surface area contributed by atoms with Crippen LogP contribution in [0.1, 0.15) is 22.9 Å². The zero-order valence-corrected chi connectivity index (χ0v) is 15.1. The summed E-state index contributed by atoms with van der Waals surface area (Å²) in [5, 5.41) is 32.4. The van der Waals surface area contributed by atoms with Crippen LogP contribution in [0.15, 0.2) is 36.8 Å². The molecule has 1 unspecified atom stereocenters. The summed E-state index contributed by atoms with van der Waals surface area (Å²) in [5.74, 6) is 0.328. The molecule has 146 valence electrons. The van der Waals surface area contributed by atoms with E-state index < -0.39 is 30.6 Å². The summed E-state index contributed by atoms with van der Waals surface area (Å²) < 4.78 is 7.50. The van der Waals surface area contributed by atoms with Crippen LogP contribution in [0.25, 0.3) is 11.0 Å². The Labute approximate surface area is 161 Å². The second-order valence-electron chi connectivity index (χ2n) is 7.57. The number of aryl methyl sites for hydroxylation is 2. The van der Waals surface area contributed by atoms with Gasteiger partial charge in [-0.2, -0.15) is 0 Å². The van der Waals surface area contributed by atoms with Crippen LogP contribution in [0.4, 0.5) is 5.82 Å². The summed E-state index contributed by atoms with van der Waals surface area (Å²) in [6, 6.07) is 7.91. The first-order chi connectivity index (χ1) is 13.5. The van der Waals surface area contributed by atoms with Crippen LogP contribution >= 0.6 is 0 Å². The Morgan fingerprint density at radius 2 is 1.96 bits per heavy atom. The average Bonchev–Trinajstić information content (AvgIpc) is 3.20. The number of ether oxygens (including phenoxy) is 1. The van der Waals surface area contributed by atoms with Crippen molar-refractivity contribution in [3.05, 3.63) is 53.5 Å². The first-order valence-electron chi connectivity index (χ1n) is 9.40. The third-order valence-corrected chi connectivity index (χ3v) is 5.85. The van der Waals surface area contributed by atoms with Crippen molar-refractivity contribution >= 4 is 16.9 Å². The van der Waals surface area contributed by atoms with Gasteiger partial charge in [0.15, 0.2) is 6.23 Å². The second-order valence-corrected chi connectivity index (χ2v) is 7.57. The Hall–Kier alpha value is -2.52. The molecule has 0 bridgehead atoms. The monoisotopic (exact) mass is 382 g/mol. The molecule has 3 aromatic rings. The minimum Gasteiger partial charge on any atom is -0.390 e. The van der Waals surface area contributed by atoms with Gasteiger partial charge in [-0.1, -0.05) is 18.2 Å². The van der Waals surface area contributed by atoms with Crippen molar-refractivity contribution in [2.75, 3.05) is 5.73 Å². The molecule has 3 heterocycles. The molecule has 1 aromatic carbocycles. The molecule has 0 saturated carbocycles. The summed E-state index contributed by atoms with van der Waals surface area (Å²) in [6.07, 6.45) is 0.368. The van der Waals surface area contributed by atoms with Gasteiger partial charge >= 0.3 is 0 Å². The van der Waals surface area contributed by atoms with Crippen molar-refractivity contribution in [3.8, 4) is 0 Å². The molecule has 5 atom stereocenters. The van der Waals surface area contributed by atoms with E-state index >= 15 is 0 Å². The van der Waals surface area contributed by atoms with E-state index in [0.29, 0.717) is 23.3 Å². The van der Waals surface area contributed by atoms with Crippen LogP contribution in [0.3, 0.4) is 0 Å². The van der Waals surface area contributed by atoms with Crippen molar-refractivity contribution < 1.29 is 20.1 Å². The minimum absolute atomic E-state index is 0.328. The number of aliphatic hydroxyl groups excluding tert-OH is 3. The van der Waals surface area contributed by atoms with Crippen molar-refractivity contribution in [3.63, 3.8) is 0 Å². The second kappa shape index (κ2) is 6.52. The highest BCUT2D eigenvalue weighted by atomic mass is 16.6. The van der Waals surface area contributed by atoms with Crippen molar-refractivity contribution in [2.24, 2.45) is 0 Å². The summed E-state index contributed by atoms with van der Waals surface area (Å²) in [4.78, 5) is 8.15. The van der Waals surface area contributed by atoms with Gasteiger partial charge in [-0.05, 0) is 35.6 Å². The molecule has 5 rings (SSSR count). The molecule has 5 N–H and O–H groups in total. The van der Waals surface area contributed by atoms with Gasteiger partial charge in [0.25, 0.3) is 0 Å². The summed E-state index contributed by atoms with van der Waals surface area (Å²) >= 11 is 0. The van der Waals surface area contributed by atoms with Crippen LogP contribution in [0, 0.1) is 0 Å². The Kier molecular flexibility index (Phi) is 4.09. The highest BCUT2D eigenvalue weighted by molar-refractivity contribution is 5.86. The fourth-order valence-electron chi connectivity index (χ4n) is 4.16. The number of aliphatic hydroxyl groups is 3. The molecule has 8 nitrogen and oxygen atoms in total. The number of nitrogens with two attached hydrogens (primary N) is 1. The van der Waals surface area contributed by atoms with Gasteiger partial charge in [0.2, 0.25) is 0 Å². The Bertz CT molecular complexity index is 1040.